The molecule has 13 nitrogen and oxygen atoms in total. The zero-order valence-corrected chi connectivity index (χ0v) is 24.7. The second kappa shape index (κ2) is 11.9. The summed E-state index contributed by atoms with van der Waals surface area (Å²) in [6.45, 7) is 1.92. The Morgan fingerprint density at radius 3 is 1.89 bits per heavy atom. The summed E-state index contributed by atoms with van der Waals surface area (Å²) < 4.78 is 35.0. The van der Waals surface area contributed by atoms with Crippen LogP contribution < -0.4 is 0 Å². The molecule has 1 saturated carbocycles. The Kier molecular flexibility index (Phi) is 8.30. The van der Waals surface area contributed by atoms with Crippen LogP contribution in [0.3, 0.4) is 0 Å². The van der Waals surface area contributed by atoms with Gasteiger partial charge in [0, 0.05) is 20.5 Å². The number of aliphatic hydroxyl groups excluding tert-OH is 2. The van der Waals surface area contributed by atoms with E-state index in [1.165, 1.54) is 14.1 Å². The molecule has 3 heterocycles. The zero-order valence-electron chi connectivity index (χ0n) is 24.7. The maximum absolute atomic E-state index is 13.3. The smallest absolute Gasteiger partial charge is 0.410 e. The summed E-state index contributed by atoms with van der Waals surface area (Å²) in [6.07, 6.45) is -8.61. The lowest BCUT2D eigenvalue weighted by Gasteiger charge is -2.59. The predicted octanol–water partition coefficient (Wildman–Crippen LogP) is 1.37. The van der Waals surface area contributed by atoms with E-state index < -0.39 is 66.4 Å². The molecule has 44 heavy (non-hydrogen) atoms. The third-order valence-corrected chi connectivity index (χ3v) is 8.96. The first-order valence-electron chi connectivity index (χ1n) is 14.6. The van der Waals surface area contributed by atoms with E-state index >= 15 is 0 Å². The molecule has 0 aromatic heterocycles. The van der Waals surface area contributed by atoms with Crippen LogP contribution in [0.15, 0.2) is 60.7 Å². The number of amides is 2. The minimum Gasteiger partial charge on any atom is -0.445 e. The highest BCUT2D eigenvalue weighted by molar-refractivity contribution is 5.69. The van der Waals surface area contributed by atoms with Crippen LogP contribution in [0.25, 0.3) is 0 Å². The molecule has 0 bridgehead atoms. The molecule has 1 spiro atoms. The van der Waals surface area contributed by atoms with Gasteiger partial charge in [-0.15, -0.1) is 0 Å². The molecule has 10 atom stereocenters. The number of likely N-dealkylation sites (N-methyl/N-ethyl adjacent to an activating group) is 2. The Bertz CT molecular complexity index is 1330. The normalized spacial score (nSPS) is 37.3. The van der Waals surface area contributed by atoms with E-state index in [1.807, 2.05) is 36.4 Å². The largest absolute Gasteiger partial charge is 0.445 e. The van der Waals surface area contributed by atoms with Crippen molar-refractivity contribution in [3.63, 3.8) is 0 Å². The van der Waals surface area contributed by atoms with E-state index in [4.69, 9.17) is 28.4 Å². The van der Waals surface area contributed by atoms with Crippen molar-refractivity contribution in [2.24, 2.45) is 0 Å². The number of fused-ring (bicyclic) bond motifs is 3. The van der Waals surface area contributed by atoms with Gasteiger partial charge in [-0.2, -0.15) is 0 Å². The van der Waals surface area contributed by atoms with Crippen molar-refractivity contribution >= 4 is 12.2 Å². The molecule has 4 fully saturated rings. The van der Waals surface area contributed by atoms with Gasteiger partial charge in [-0.1, -0.05) is 60.7 Å². The van der Waals surface area contributed by atoms with Crippen molar-refractivity contribution in [1.29, 1.82) is 0 Å². The number of benzene rings is 2. The third kappa shape index (κ3) is 5.42. The fraction of sp³-hybridized carbons (Fsp3) is 0.548. The SMILES string of the molecule is C[C@@H]1C[C@@]2(CO2)[C@]2(O)OC3C(OC2O1)[C@@H](O)[C@H](N(C)C(=O)OCc1ccccc1)[C@H](O)[C@@H]3N(C)C(=O)OCc1ccccc1. The molecule has 1 aliphatic carbocycles. The van der Waals surface area contributed by atoms with E-state index in [0.29, 0.717) is 6.42 Å². The van der Waals surface area contributed by atoms with Gasteiger partial charge >= 0.3 is 12.2 Å². The average Bonchev–Trinajstić information content (AvgIpc) is 3.80. The molecule has 13 heteroatoms. The van der Waals surface area contributed by atoms with E-state index in [2.05, 4.69) is 0 Å². The van der Waals surface area contributed by atoms with E-state index in [0.717, 1.165) is 20.9 Å². The molecule has 2 aromatic carbocycles. The van der Waals surface area contributed by atoms with Crippen molar-refractivity contribution in [2.75, 3.05) is 20.7 Å². The van der Waals surface area contributed by atoms with Crippen LogP contribution in [0.4, 0.5) is 9.59 Å². The molecule has 2 aromatic rings. The van der Waals surface area contributed by atoms with Gasteiger partial charge in [0.25, 0.3) is 5.79 Å². The molecule has 238 valence electrons. The molecular formula is C31H38N2O11. The number of hydrogen-bond donors (Lipinski definition) is 3. The van der Waals surface area contributed by atoms with Crippen LogP contribution >= 0.6 is 0 Å². The quantitative estimate of drug-likeness (QED) is 0.404. The minimum absolute atomic E-state index is 0.0351. The van der Waals surface area contributed by atoms with Crippen molar-refractivity contribution in [3.8, 4) is 0 Å². The zero-order chi connectivity index (χ0) is 31.2. The van der Waals surface area contributed by atoms with E-state index in [9.17, 15) is 24.9 Å². The highest BCUT2D eigenvalue weighted by Gasteiger charge is 2.75. The standard InChI is InChI=1S/C31H38N2O11/c1-18-14-30(17-41-30)31(38)27(42-18)43-26-24(35)21(32(2)28(36)39-15-19-10-6-4-7-11-19)23(34)22(25(26)44-31)33(3)29(37)40-16-20-12-8-5-9-13-20/h4-13,18,21-27,34-35,38H,14-17H2,1-3H3/t18-,21-,22+,23+,24+,25?,26?,27?,30-,31-/m1/s1. The number of ether oxygens (including phenoxy) is 6. The van der Waals surface area contributed by atoms with Gasteiger partial charge < -0.3 is 53.5 Å². The third-order valence-electron chi connectivity index (χ3n) is 8.96. The van der Waals surface area contributed by atoms with E-state index in [1.54, 1.807) is 31.2 Å². The first-order chi connectivity index (χ1) is 21.0. The molecular weight excluding hydrogens is 576 g/mol. The Balaban J connectivity index is 1.27. The first-order valence-corrected chi connectivity index (χ1v) is 14.6. The number of carbonyl (C=O) groups is 2. The van der Waals surface area contributed by atoms with Gasteiger partial charge in [-0.3, -0.25) is 0 Å². The fourth-order valence-electron chi connectivity index (χ4n) is 6.50. The lowest BCUT2D eigenvalue weighted by Crippen LogP contribution is -2.79. The molecule has 3 unspecified atom stereocenters. The summed E-state index contributed by atoms with van der Waals surface area (Å²) in [4.78, 5) is 28.7. The number of rotatable bonds is 6. The lowest BCUT2D eigenvalue weighted by atomic mass is 9.78. The van der Waals surface area contributed by atoms with Crippen LogP contribution in [-0.2, 0) is 41.6 Å². The predicted molar refractivity (Wildman–Crippen MR) is 151 cm³/mol. The fourth-order valence-corrected chi connectivity index (χ4v) is 6.50. The molecule has 6 rings (SSSR count). The first kappa shape index (κ1) is 30.7. The number of aliphatic hydroxyl groups is 3. The Morgan fingerprint density at radius 2 is 1.36 bits per heavy atom. The monoisotopic (exact) mass is 614 g/mol. The molecule has 3 saturated heterocycles. The van der Waals surface area contributed by atoms with Crippen LogP contribution in [-0.4, -0.2) is 118 Å². The minimum atomic E-state index is -2.08. The average molecular weight is 615 g/mol. The summed E-state index contributed by atoms with van der Waals surface area (Å²) in [5, 5.41) is 35.1. The topological polar surface area (TPSA) is 160 Å². The van der Waals surface area contributed by atoms with Crippen LogP contribution in [0.2, 0.25) is 0 Å². The summed E-state index contributed by atoms with van der Waals surface area (Å²) in [5.41, 5.74) is 0.393. The second-order valence-electron chi connectivity index (χ2n) is 11.9. The number of nitrogens with zero attached hydrogens (tertiary/aromatic N) is 2. The van der Waals surface area contributed by atoms with E-state index in [-0.39, 0.29) is 25.9 Å². The van der Waals surface area contributed by atoms with Crippen molar-refractivity contribution in [3.05, 3.63) is 71.8 Å². The molecule has 0 radical (unpaired) electrons. The lowest BCUT2D eigenvalue weighted by molar-refractivity contribution is -0.462. The van der Waals surface area contributed by atoms with Crippen LogP contribution in [0, 0.1) is 0 Å². The van der Waals surface area contributed by atoms with Crippen molar-refractivity contribution < 1.29 is 53.3 Å². The maximum atomic E-state index is 13.3. The summed E-state index contributed by atoms with van der Waals surface area (Å²) in [6, 6.07) is 15.6. The van der Waals surface area contributed by atoms with Gasteiger partial charge in [0.2, 0.25) is 6.29 Å². The summed E-state index contributed by atoms with van der Waals surface area (Å²) in [5.74, 6) is -2.08. The Morgan fingerprint density at radius 1 is 0.841 bits per heavy atom. The molecule has 2 amide bonds. The molecule has 4 aliphatic rings. The highest BCUT2D eigenvalue weighted by Crippen LogP contribution is 2.54. The van der Waals surface area contributed by atoms with Gasteiger partial charge in [0.1, 0.15) is 37.6 Å². The van der Waals surface area contributed by atoms with Crippen molar-refractivity contribution in [2.45, 2.75) is 86.8 Å². The Labute approximate surface area is 254 Å². The van der Waals surface area contributed by atoms with Crippen molar-refractivity contribution in [1.82, 2.24) is 9.80 Å². The highest BCUT2D eigenvalue weighted by atomic mass is 16.8. The number of epoxide rings is 1. The van der Waals surface area contributed by atoms with Crippen LogP contribution in [0.1, 0.15) is 24.5 Å². The number of carbonyl (C=O) groups excluding carboxylic acids is 2. The Hall–Kier alpha value is -3.30. The van der Waals surface area contributed by atoms with Gasteiger partial charge in [-0.05, 0) is 18.1 Å². The number of hydrogen-bond acceptors (Lipinski definition) is 11. The van der Waals surface area contributed by atoms with Gasteiger partial charge in [0.05, 0.1) is 24.8 Å². The summed E-state index contributed by atoms with van der Waals surface area (Å²) >= 11 is 0. The second-order valence-corrected chi connectivity index (χ2v) is 11.9. The van der Waals surface area contributed by atoms with Gasteiger partial charge in [-0.25, -0.2) is 9.59 Å². The summed E-state index contributed by atoms with van der Waals surface area (Å²) in [7, 11) is 2.78. The van der Waals surface area contributed by atoms with Gasteiger partial charge in [0.15, 0.2) is 5.60 Å². The molecule has 3 aliphatic heterocycles. The maximum Gasteiger partial charge on any atom is 0.410 e. The van der Waals surface area contributed by atoms with Crippen LogP contribution in [0.5, 0.6) is 0 Å². The molecule has 3 N–H and O–H groups in total.